The number of hydrogen-bond donors (Lipinski definition) is 1. The van der Waals surface area contributed by atoms with Gasteiger partial charge in [0, 0.05) is 24.8 Å². The zero-order chi connectivity index (χ0) is 12.0. The second-order valence-electron chi connectivity index (χ2n) is 4.12. The molecule has 0 spiro atoms. The van der Waals surface area contributed by atoms with Crippen LogP contribution in [0.4, 0.5) is 0 Å². The lowest BCUT2D eigenvalue weighted by Crippen LogP contribution is -2.17. The van der Waals surface area contributed by atoms with Crippen molar-refractivity contribution in [1.82, 2.24) is 15.1 Å². The minimum Gasteiger partial charge on any atom is -0.313 e. The molecule has 1 N–H and O–H groups in total. The highest BCUT2D eigenvalue weighted by atomic mass is 15.3. The van der Waals surface area contributed by atoms with E-state index in [1.165, 1.54) is 17.7 Å². The quantitative estimate of drug-likeness (QED) is 0.566. The molecule has 16 heavy (non-hydrogen) atoms. The smallest absolute Gasteiger partial charge is 0.0669 e. The van der Waals surface area contributed by atoms with Crippen LogP contribution in [0, 0.1) is 0 Å². The fraction of sp³-hybridized carbons (Fsp3) is 0.615. The molecule has 0 radical (unpaired) electrons. The summed E-state index contributed by atoms with van der Waals surface area (Å²) in [5.41, 5.74) is 2.55. The summed E-state index contributed by atoms with van der Waals surface area (Å²) < 4.78 is 1.91. The van der Waals surface area contributed by atoms with Gasteiger partial charge in [0.2, 0.25) is 0 Å². The van der Waals surface area contributed by atoms with Crippen molar-refractivity contribution in [3.63, 3.8) is 0 Å². The van der Waals surface area contributed by atoms with Crippen molar-refractivity contribution >= 4 is 0 Å². The molecule has 1 aromatic heterocycles. The summed E-state index contributed by atoms with van der Waals surface area (Å²) in [6.07, 6.45) is 8.51. The van der Waals surface area contributed by atoms with Crippen molar-refractivity contribution in [3.8, 4) is 0 Å². The first-order chi connectivity index (χ1) is 7.72. The van der Waals surface area contributed by atoms with Crippen LogP contribution in [0.25, 0.3) is 0 Å². The van der Waals surface area contributed by atoms with Gasteiger partial charge in [-0.15, -0.1) is 6.58 Å². The van der Waals surface area contributed by atoms with Crippen molar-refractivity contribution in [3.05, 3.63) is 30.1 Å². The standard InChI is InChI=1S/C13H23N3/c1-5-7-8-9-13(14-3)11-10-16(4)15-12(11)6-2/h5,10,13-14H,1,6-9H2,2-4H3. The van der Waals surface area contributed by atoms with Crippen molar-refractivity contribution < 1.29 is 0 Å². The molecule has 3 nitrogen and oxygen atoms in total. The molecule has 1 aromatic rings. The van der Waals surface area contributed by atoms with E-state index in [1.54, 1.807) is 0 Å². The average Bonchev–Trinajstić information content (AvgIpc) is 2.66. The van der Waals surface area contributed by atoms with E-state index in [9.17, 15) is 0 Å². The fourth-order valence-electron chi connectivity index (χ4n) is 2.04. The Labute approximate surface area is 98.5 Å². The highest BCUT2D eigenvalue weighted by Crippen LogP contribution is 2.22. The SMILES string of the molecule is C=CCCCC(NC)c1cn(C)nc1CC. The van der Waals surface area contributed by atoms with Gasteiger partial charge in [0.05, 0.1) is 5.69 Å². The highest BCUT2D eigenvalue weighted by molar-refractivity contribution is 5.21. The van der Waals surface area contributed by atoms with Crippen molar-refractivity contribution in [2.24, 2.45) is 7.05 Å². The van der Waals surface area contributed by atoms with Gasteiger partial charge in [0.1, 0.15) is 0 Å². The first-order valence-corrected chi connectivity index (χ1v) is 6.03. The Morgan fingerprint density at radius 2 is 2.38 bits per heavy atom. The van der Waals surface area contributed by atoms with Gasteiger partial charge in [0.15, 0.2) is 0 Å². The number of allylic oxidation sites excluding steroid dienone is 1. The summed E-state index contributed by atoms with van der Waals surface area (Å²) in [5.74, 6) is 0. The fourth-order valence-corrected chi connectivity index (χ4v) is 2.04. The molecule has 3 heteroatoms. The Bertz CT molecular complexity index is 328. The Kier molecular flexibility index (Phi) is 5.26. The number of aryl methyl sites for hydroxylation is 2. The summed E-state index contributed by atoms with van der Waals surface area (Å²) >= 11 is 0. The van der Waals surface area contributed by atoms with Gasteiger partial charge in [-0.05, 0) is 32.7 Å². The first-order valence-electron chi connectivity index (χ1n) is 6.03. The second kappa shape index (κ2) is 6.48. The van der Waals surface area contributed by atoms with Crippen LogP contribution in [0.5, 0.6) is 0 Å². The Hall–Kier alpha value is -1.09. The van der Waals surface area contributed by atoms with Crippen molar-refractivity contribution in [2.45, 2.75) is 38.6 Å². The third-order valence-electron chi connectivity index (χ3n) is 2.90. The minimum absolute atomic E-state index is 0.420. The third kappa shape index (κ3) is 3.20. The topological polar surface area (TPSA) is 29.9 Å². The zero-order valence-electron chi connectivity index (χ0n) is 10.7. The van der Waals surface area contributed by atoms with E-state index in [2.05, 4.69) is 30.1 Å². The average molecular weight is 221 g/mol. The Morgan fingerprint density at radius 1 is 1.62 bits per heavy atom. The maximum atomic E-state index is 4.48. The molecule has 0 aliphatic heterocycles. The maximum absolute atomic E-state index is 4.48. The number of rotatable bonds is 7. The van der Waals surface area contributed by atoms with Crippen molar-refractivity contribution in [2.75, 3.05) is 7.05 Å². The highest BCUT2D eigenvalue weighted by Gasteiger charge is 2.15. The van der Waals surface area contributed by atoms with Gasteiger partial charge in [0.25, 0.3) is 0 Å². The van der Waals surface area contributed by atoms with Crippen LogP contribution in [0.15, 0.2) is 18.9 Å². The molecule has 0 saturated heterocycles. The number of nitrogens with one attached hydrogen (secondary N) is 1. The molecule has 0 saturated carbocycles. The molecule has 1 rings (SSSR count). The van der Waals surface area contributed by atoms with Gasteiger partial charge >= 0.3 is 0 Å². The number of unbranched alkanes of at least 4 members (excludes halogenated alkanes) is 1. The molecule has 0 aromatic carbocycles. The molecule has 0 bridgehead atoms. The van der Waals surface area contributed by atoms with Gasteiger partial charge in [-0.1, -0.05) is 13.0 Å². The lowest BCUT2D eigenvalue weighted by molar-refractivity contribution is 0.526. The van der Waals surface area contributed by atoms with Crippen LogP contribution in [-0.2, 0) is 13.5 Å². The minimum atomic E-state index is 0.420. The summed E-state index contributed by atoms with van der Waals surface area (Å²) in [6, 6.07) is 0.420. The maximum Gasteiger partial charge on any atom is 0.0669 e. The van der Waals surface area contributed by atoms with E-state index >= 15 is 0 Å². The summed E-state index contributed by atoms with van der Waals surface area (Å²) in [6.45, 7) is 5.91. The van der Waals surface area contributed by atoms with Gasteiger partial charge < -0.3 is 5.32 Å². The number of hydrogen-bond acceptors (Lipinski definition) is 2. The van der Waals surface area contributed by atoms with Crippen molar-refractivity contribution in [1.29, 1.82) is 0 Å². The van der Waals surface area contributed by atoms with Crippen LogP contribution in [0.1, 0.15) is 43.5 Å². The molecule has 0 fully saturated rings. The van der Waals surface area contributed by atoms with Crippen LogP contribution in [0.3, 0.4) is 0 Å². The summed E-state index contributed by atoms with van der Waals surface area (Å²) in [7, 11) is 4.00. The summed E-state index contributed by atoms with van der Waals surface area (Å²) in [5, 5.41) is 7.86. The Morgan fingerprint density at radius 3 is 2.94 bits per heavy atom. The molecule has 1 unspecified atom stereocenters. The zero-order valence-corrected chi connectivity index (χ0v) is 10.7. The molecule has 1 atom stereocenters. The normalized spacial score (nSPS) is 12.7. The lowest BCUT2D eigenvalue weighted by atomic mass is 10.0. The molecule has 0 aliphatic rings. The molecule has 90 valence electrons. The second-order valence-corrected chi connectivity index (χ2v) is 4.12. The molecule has 0 aliphatic carbocycles. The molecular weight excluding hydrogens is 198 g/mol. The van der Waals surface area contributed by atoms with E-state index in [-0.39, 0.29) is 0 Å². The lowest BCUT2D eigenvalue weighted by Gasteiger charge is -2.15. The third-order valence-corrected chi connectivity index (χ3v) is 2.90. The van der Waals surface area contributed by atoms with E-state index in [0.717, 1.165) is 19.3 Å². The van der Waals surface area contributed by atoms with E-state index < -0.39 is 0 Å². The van der Waals surface area contributed by atoms with Crippen LogP contribution < -0.4 is 5.32 Å². The Balaban J connectivity index is 2.72. The van der Waals surface area contributed by atoms with E-state index in [4.69, 9.17) is 0 Å². The molecular formula is C13H23N3. The van der Waals surface area contributed by atoms with E-state index in [0.29, 0.717) is 6.04 Å². The number of nitrogens with zero attached hydrogens (tertiary/aromatic N) is 2. The van der Waals surface area contributed by atoms with Crippen LogP contribution in [-0.4, -0.2) is 16.8 Å². The molecule has 0 amide bonds. The van der Waals surface area contributed by atoms with E-state index in [1.807, 2.05) is 24.9 Å². The predicted molar refractivity (Wildman–Crippen MR) is 68.4 cm³/mol. The van der Waals surface area contributed by atoms with Gasteiger partial charge in [-0.3, -0.25) is 4.68 Å². The van der Waals surface area contributed by atoms with Gasteiger partial charge in [-0.2, -0.15) is 5.10 Å². The summed E-state index contributed by atoms with van der Waals surface area (Å²) in [4.78, 5) is 0. The largest absolute Gasteiger partial charge is 0.313 e. The first kappa shape index (κ1) is 13.0. The van der Waals surface area contributed by atoms with Crippen LogP contribution in [0.2, 0.25) is 0 Å². The predicted octanol–water partition coefficient (Wildman–Crippen LogP) is 2.60. The molecule has 1 heterocycles. The van der Waals surface area contributed by atoms with Gasteiger partial charge in [-0.25, -0.2) is 0 Å². The number of aromatic nitrogens is 2. The van der Waals surface area contributed by atoms with Crippen LogP contribution >= 0.6 is 0 Å². The monoisotopic (exact) mass is 221 g/mol.